The minimum absolute atomic E-state index is 0.0942. The predicted molar refractivity (Wildman–Crippen MR) is 112 cm³/mol. The summed E-state index contributed by atoms with van der Waals surface area (Å²) in [5.74, 6) is -0.570. The Morgan fingerprint density at radius 2 is 1.93 bits per heavy atom. The Morgan fingerprint density at radius 1 is 1.24 bits per heavy atom. The summed E-state index contributed by atoms with van der Waals surface area (Å²) < 4.78 is 10.2. The van der Waals surface area contributed by atoms with E-state index in [0.29, 0.717) is 6.42 Å². The van der Waals surface area contributed by atoms with Crippen molar-refractivity contribution in [3.63, 3.8) is 0 Å². The zero-order valence-corrected chi connectivity index (χ0v) is 18.6. The van der Waals surface area contributed by atoms with Crippen LogP contribution in [0.2, 0.25) is 0 Å². The van der Waals surface area contributed by atoms with Gasteiger partial charge >= 0.3 is 5.97 Å². The summed E-state index contributed by atoms with van der Waals surface area (Å²) in [5, 5.41) is 21.0. The Hall–Kier alpha value is -1.24. The number of carbonyl (C=O) groups excluding carboxylic acids is 2. The van der Waals surface area contributed by atoms with Crippen LogP contribution in [0, 0.1) is 11.8 Å². The van der Waals surface area contributed by atoms with Crippen LogP contribution in [0.25, 0.3) is 0 Å². The SMILES string of the molecule is CCCC[C@](C)(OC)[C@H](O)/C=C/[C@H]1[C@H](O)CC(=O)[C@@H]1CCCCCCC(=O)OC. The number of hydrogen-bond donors (Lipinski definition) is 2. The number of ether oxygens (including phenoxy) is 2. The lowest BCUT2D eigenvalue weighted by atomic mass is 9.86. The Balaban J connectivity index is 2.57. The predicted octanol–water partition coefficient (Wildman–Crippen LogP) is 3.58. The van der Waals surface area contributed by atoms with E-state index in [1.54, 1.807) is 13.2 Å². The van der Waals surface area contributed by atoms with E-state index in [-0.39, 0.29) is 30.0 Å². The van der Waals surface area contributed by atoms with Gasteiger partial charge in [-0.1, -0.05) is 51.2 Å². The van der Waals surface area contributed by atoms with Crippen molar-refractivity contribution < 1.29 is 29.3 Å². The Labute approximate surface area is 175 Å². The van der Waals surface area contributed by atoms with Gasteiger partial charge in [-0.15, -0.1) is 0 Å². The van der Waals surface area contributed by atoms with Gasteiger partial charge in [-0.3, -0.25) is 9.59 Å². The number of aliphatic hydroxyl groups is 2. The third-order valence-corrected chi connectivity index (χ3v) is 6.24. The van der Waals surface area contributed by atoms with Gasteiger partial charge in [0.1, 0.15) is 11.9 Å². The Kier molecular flexibility index (Phi) is 11.7. The number of aliphatic hydroxyl groups excluding tert-OH is 2. The van der Waals surface area contributed by atoms with Crippen LogP contribution >= 0.6 is 0 Å². The second kappa shape index (κ2) is 13.1. The fourth-order valence-electron chi connectivity index (χ4n) is 4.02. The maximum atomic E-state index is 12.3. The maximum absolute atomic E-state index is 12.3. The number of unbranched alkanes of at least 4 members (excludes halogenated alkanes) is 4. The molecule has 1 rings (SSSR count). The molecule has 0 aromatic carbocycles. The number of carbonyl (C=O) groups is 2. The quantitative estimate of drug-likeness (QED) is 0.257. The summed E-state index contributed by atoms with van der Waals surface area (Å²) in [6.07, 6.45) is 9.58. The number of rotatable bonds is 14. The van der Waals surface area contributed by atoms with Crippen molar-refractivity contribution >= 4 is 11.8 Å². The number of methoxy groups -OCH3 is 2. The van der Waals surface area contributed by atoms with E-state index in [1.165, 1.54) is 7.11 Å². The second-order valence-corrected chi connectivity index (χ2v) is 8.40. The molecule has 6 heteroatoms. The zero-order valence-electron chi connectivity index (χ0n) is 18.6. The van der Waals surface area contributed by atoms with Crippen LogP contribution < -0.4 is 0 Å². The summed E-state index contributed by atoms with van der Waals surface area (Å²) in [7, 11) is 2.99. The van der Waals surface area contributed by atoms with Gasteiger partial charge in [-0.25, -0.2) is 0 Å². The van der Waals surface area contributed by atoms with Crippen LogP contribution in [0.5, 0.6) is 0 Å². The van der Waals surface area contributed by atoms with Crippen molar-refractivity contribution in [2.24, 2.45) is 11.8 Å². The van der Waals surface area contributed by atoms with Gasteiger partial charge < -0.3 is 19.7 Å². The third kappa shape index (κ3) is 8.19. The highest BCUT2D eigenvalue weighted by Crippen LogP contribution is 2.35. The Morgan fingerprint density at radius 3 is 2.55 bits per heavy atom. The van der Waals surface area contributed by atoms with E-state index in [2.05, 4.69) is 11.7 Å². The highest BCUT2D eigenvalue weighted by atomic mass is 16.5. The fourth-order valence-corrected chi connectivity index (χ4v) is 4.02. The molecule has 0 amide bonds. The molecule has 0 heterocycles. The fraction of sp³-hybridized carbons (Fsp3) is 0.826. The lowest BCUT2D eigenvalue weighted by Gasteiger charge is -2.32. The molecule has 0 radical (unpaired) electrons. The van der Waals surface area contributed by atoms with Crippen LogP contribution in [-0.4, -0.2) is 54.0 Å². The zero-order chi connectivity index (χ0) is 21.9. The molecule has 0 spiro atoms. The summed E-state index contributed by atoms with van der Waals surface area (Å²) in [6.45, 7) is 3.98. The standard InChI is InChI=1S/C23H40O6/c1-5-6-15-23(2,29-4)21(26)14-13-18-17(19(24)16-20(18)25)11-9-7-8-10-12-22(27)28-3/h13-14,17-18,20-21,25-26H,5-12,15-16H2,1-4H3/b14-13+/t17-,18-,20-,21-,23+/m1/s1. The van der Waals surface area contributed by atoms with Crippen molar-refractivity contribution in [1.29, 1.82) is 0 Å². The smallest absolute Gasteiger partial charge is 0.305 e. The Bertz CT molecular complexity index is 531. The minimum Gasteiger partial charge on any atom is -0.469 e. The van der Waals surface area contributed by atoms with Crippen LogP contribution in [-0.2, 0) is 19.1 Å². The van der Waals surface area contributed by atoms with Gasteiger partial charge in [0, 0.05) is 31.8 Å². The van der Waals surface area contributed by atoms with Gasteiger partial charge in [-0.2, -0.15) is 0 Å². The molecule has 5 atom stereocenters. The molecule has 29 heavy (non-hydrogen) atoms. The van der Waals surface area contributed by atoms with Gasteiger partial charge in [0.25, 0.3) is 0 Å². The van der Waals surface area contributed by atoms with Gasteiger partial charge in [0.15, 0.2) is 0 Å². The highest BCUT2D eigenvalue weighted by molar-refractivity contribution is 5.84. The molecule has 1 aliphatic rings. The largest absolute Gasteiger partial charge is 0.469 e. The lowest BCUT2D eigenvalue weighted by molar-refractivity contribution is -0.140. The van der Waals surface area contributed by atoms with Crippen LogP contribution in [0.4, 0.5) is 0 Å². The first-order valence-corrected chi connectivity index (χ1v) is 11.0. The topological polar surface area (TPSA) is 93.1 Å². The van der Waals surface area contributed by atoms with E-state index in [4.69, 9.17) is 4.74 Å². The normalized spacial score (nSPS) is 25.3. The summed E-state index contributed by atoms with van der Waals surface area (Å²) in [5.41, 5.74) is -0.671. The number of Topliss-reactive ketones (excluding diaryl/α,β-unsaturated/α-hetero) is 1. The van der Waals surface area contributed by atoms with E-state index < -0.39 is 17.8 Å². The van der Waals surface area contributed by atoms with Gasteiger partial charge in [-0.05, 0) is 26.2 Å². The third-order valence-electron chi connectivity index (χ3n) is 6.24. The van der Waals surface area contributed by atoms with Crippen molar-refractivity contribution in [1.82, 2.24) is 0 Å². The van der Waals surface area contributed by atoms with Crippen molar-refractivity contribution in [2.45, 2.75) is 95.9 Å². The molecule has 0 aromatic rings. The molecule has 0 aromatic heterocycles. The molecule has 2 N–H and O–H groups in total. The van der Waals surface area contributed by atoms with Crippen molar-refractivity contribution in [3.8, 4) is 0 Å². The summed E-state index contributed by atoms with van der Waals surface area (Å²) >= 11 is 0. The molecule has 1 aliphatic carbocycles. The molecule has 6 nitrogen and oxygen atoms in total. The molecule has 1 fully saturated rings. The van der Waals surface area contributed by atoms with Crippen molar-refractivity contribution in [3.05, 3.63) is 12.2 Å². The van der Waals surface area contributed by atoms with Gasteiger partial charge in [0.05, 0.1) is 18.8 Å². The van der Waals surface area contributed by atoms with E-state index in [9.17, 15) is 19.8 Å². The average molecular weight is 413 g/mol. The van der Waals surface area contributed by atoms with E-state index in [0.717, 1.165) is 51.4 Å². The minimum atomic E-state index is -0.791. The number of ketones is 1. The molecule has 0 unspecified atom stereocenters. The highest BCUT2D eigenvalue weighted by Gasteiger charge is 2.40. The van der Waals surface area contributed by atoms with Crippen molar-refractivity contribution in [2.75, 3.05) is 14.2 Å². The first-order valence-electron chi connectivity index (χ1n) is 11.0. The van der Waals surface area contributed by atoms with E-state index in [1.807, 2.05) is 13.0 Å². The molecule has 1 saturated carbocycles. The summed E-state index contributed by atoms with van der Waals surface area (Å²) in [4.78, 5) is 23.5. The summed E-state index contributed by atoms with van der Waals surface area (Å²) in [6, 6.07) is 0. The second-order valence-electron chi connectivity index (χ2n) is 8.40. The first kappa shape index (κ1) is 25.8. The van der Waals surface area contributed by atoms with Crippen LogP contribution in [0.1, 0.15) is 78.1 Å². The first-order chi connectivity index (χ1) is 13.8. The lowest BCUT2D eigenvalue weighted by Crippen LogP contribution is -2.40. The molecule has 0 saturated heterocycles. The molecule has 0 bridgehead atoms. The molecule has 168 valence electrons. The van der Waals surface area contributed by atoms with Crippen LogP contribution in [0.15, 0.2) is 12.2 Å². The maximum Gasteiger partial charge on any atom is 0.305 e. The van der Waals surface area contributed by atoms with Gasteiger partial charge in [0.2, 0.25) is 0 Å². The average Bonchev–Trinajstić information content (AvgIpc) is 2.98. The van der Waals surface area contributed by atoms with Crippen LogP contribution in [0.3, 0.4) is 0 Å². The van der Waals surface area contributed by atoms with E-state index >= 15 is 0 Å². The monoisotopic (exact) mass is 412 g/mol. The molecular weight excluding hydrogens is 372 g/mol. The molecule has 0 aliphatic heterocycles. The molecular formula is C23H40O6. The number of hydrogen-bond acceptors (Lipinski definition) is 6. The number of esters is 1.